The van der Waals surface area contributed by atoms with Crippen LogP contribution in [0.4, 0.5) is 4.79 Å². The Morgan fingerprint density at radius 1 is 1.20 bits per heavy atom. The molecule has 1 atom stereocenters. The van der Waals surface area contributed by atoms with Crippen molar-refractivity contribution in [3.8, 4) is 0 Å². The largest absolute Gasteiger partial charge is 0.444 e. The monoisotopic (exact) mass is 217 g/mol. The van der Waals surface area contributed by atoms with Crippen molar-refractivity contribution in [2.24, 2.45) is 0 Å². The molecule has 0 heterocycles. The van der Waals surface area contributed by atoms with E-state index >= 15 is 0 Å². The summed E-state index contributed by atoms with van der Waals surface area (Å²) in [6.45, 7) is 12.5. The normalized spacial score (nSPS) is 14.7. The third-order valence-corrected chi connectivity index (χ3v) is 1.69. The molecule has 0 aromatic heterocycles. The number of carbonyl (C=O) groups is 1. The zero-order valence-electron chi connectivity index (χ0n) is 10.8. The maximum atomic E-state index is 11.8. The van der Waals surface area contributed by atoms with Crippen LogP contribution in [0.25, 0.3) is 0 Å². The van der Waals surface area contributed by atoms with Gasteiger partial charge in [-0.05, 0) is 48.5 Å². The molecule has 0 aliphatic carbocycles. The van der Waals surface area contributed by atoms with Gasteiger partial charge in [0.2, 0.25) is 0 Å². The second kappa shape index (κ2) is 4.39. The number of hydrogen-bond acceptors (Lipinski definition) is 3. The molecule has 0 saturated carbocycles. The van der Waals surface area contributed by atoms with Crippen molar-refractivity contribution < 1.29 is 14.6 Å². The Morgan fingerprint density at radius 3 is 1.80 bits per heavy atom. The molecule has 1 amide bonds. The van der Waals surface area contributed by atoms with E-state index in [0.717, 1.165) is 0 Å². The number of aliphatic hydroxyl groups is 1. The first-order valence-electron chi connectivity index (χ1n) is 5.15. The number of nitrogens with zero attached hydrogens (tertiary/aromatic N) is 1. The fourth-order valence-electron chi connectivity index (χ4n) is 1.30. The first-order valence-corrected chi connectivity index (χ1v) is 5.15. The molecule has 90 valence electrons. The van der Waals surface area contributed by atoms with Gasteiger partial charge in [0, 0.05) is 5.54 Å². The Labute approximate surface area is 92.2 Å². The summed E-state index contributed by atoms with van der Waals surface area (Å²) in [6.07, 6.45) is -1.36. The zero-order valence-corrected chi connectivity index (χ0v) is 10.8. The molecular formula is C11H23NO3. The summed E-state index contributed by atoms with van der Waals surface area (Å²) in [7, 11) is 0. The van der Waals surface area contributed by atoms with Crippen LogP contribution in [-0.2, 0) is 4.74 Å². The molecule has 0 bridgehead atoms. The summed E-state index contributed by atoms with van der Waals surface area (Å²) in [6, 6.07) is 0. The molecule has 0 aliphatic rings. The van der Waals surface area contributed by atoms with Gasteiger partial charge in [-0.3, -0.25) is 4.90 Å². The third-order valence-electron chi connectivity index (χ3n) is 1.69. The summed E-state index contributed by atoms with van der Waals surface area (Å²) in [4.78, 5) is 13.1. The highest BCUT2D eigenvalue weighted by molar-refractivity contribution is 5.69. The first-order chi connectivity index (χ1) is 6.45. The van der Waals surface area contributed by atoms with Gasteiger partial charge in [0.25, 0.3) is 0 Å². The average Bonchev–Trinajstić information content (AvgIpc) is 1.74. The fourth-order valence-corrected chi connectivity index (χ4v) is 1.30. The summed E-state index contributed by atoms with van der Waals surface area (Å²) in [5.74, 6) is 0. The van der Waals surface area contributed by atoms with E-state index < -0.39 is 23.5 Å². The Morgan fingerprint density at radius 2 is 1.60 bits per heavy atom. The number of carbonyl (C=O) groups excluding carboxylic acids is 1. The topological polar surface area (TPSA) is 49.8 Å². The number of hydrogen-bond donors (Lipinski definition) is 1. The van der Waals surface area contributed by atoms with Crippen LogP contribution in [0.1, 0.15) is 48.5 Å². The molecule has 0 aromatic rings. The van der Waals surface area contributed by atoms with E-state index in [1.54, 1.807) is 27.7 Å². The van der Waals surface area contributed by atoms with Gasteiger partial charge >= 0.3 is 6.09 Å². The van der Waals surface area contributed by atoms with E-state index in [1.807, 2.05) is 20.8 Å². The predicted molar refractivity (Wildman–Crippen MR) is 59.5 cm³/mol. The van der Waals surface area contributed by atoms with E-state index in [4.69, 9.17) is 4.74 Å². The zero-order chi connectivity index (χ0) is 12.4. The van der Waals surface area contributed by atoms with Crippen LogP contribution in [0.15, 0.2) is 0 Å². The molecule has 15 heavy (non-hydrogen) atoms. The molecule has 0 spiro atoms. The van der Waals surface area contributed by atoms with Crippen molar-refractivity contribution in [2.75, 3.05) is 0 Å². The molecule has 1 N–H and O–H groups in total. The van der Waals surface area contributed by atoms with Crippen LogP contribution in [0, 0.1) is 0 Å². The lowest BCUT2D eigenvalue weighted by atomic mass is 10.1. The van der Waals surface area contributed by atoms with Crippen LogP contribution in [-0.4, -0.2) is 33.5 Å². The lowest BCUT2D eigenvalue weighted by molar-refractivity contribution is -0.0559. The summed E-state index contributed by atoms with van der Waals surface area (Å²) >= 11 is 0. The van der Waals surface area contributed by atoms with Crippen LogP contribution < -0.4 is 0 Å². The highest BCUT2D eigenvalue weighted by atomic mass is 16.6. The minimum absolute atomic E-state index is 0.462. The third kappa shape index (κ3) is 5.02. The molecule has 0 saturated heterocycles. The molecular weight excluding hydrogens is 194 g/mol. The van der Waals surface area contributed by atoms with Crippen LogP contribution in [0.3, 0.4) is 0 Å². The molecule has 0 aromatic carbocycles. The van der Waals surface area contributed by atoms with Gasteiger partial charge in [-0.15, -0.1) is 0 Å². The molecule has 0 aliphatic heterocycles. The molecule has 0 radical (unpaired) electrons. The first kappa shape index (κ1) is 14.2. The number of amides is 1. The quantitative estimate of drug-likeness (QED) is 0.686. The van der Waals surface area contributed by atoms with E-state index in [1.165, 1.54) is 4.90 Å². The standard InChI is InChI=1S/C11H23NO3/c1-8(13)12(10(2,3)4)9(14)15-11(5,6)7/h8,13H,1-7H3. The van der Waals surface area contributed by atoms with Gasteiger partial charge in [0.05, 0.1) is 0 Å². The number of ether oxygens (including phenoxy) is 1. The van der Waals surface area contributed by atoms with Gasteiger partial charge in [0.15, 0.2) is 0 Å². The van der Waals surface area contributed by atoms with Crippen molar-refractivity contribution in [3.63, 3.8) is 0 Å². The highest BCUT2D eigenvalue weighted by Crippen LogP contribution is 2.20. The van der Waals surface area contributed by atoms with Crippen LogP contribution in [0.2, 0.25) is 0 Å². The maximum absolute atomic E-state index is 11.8. The minimum atomic E-state index is -0.861. The molecule has 4 nitrogen and oxygen atoms in total. The molecule has 0 fully saturated rings. The summed E-state index contributed by atoms with van der Waals surface area (Å²) in [5.41, 5.74) is -1.01. The van der Waals surface area contributed by atoms with Crippen molar-refractivity contribution in [1.29, 1.82) is 0 Å². The molecule has 4 heteroatoms. The van der Waals surface area contributed by atoms with Crippen LogP contribution in [0.5, 0.6) is 0 Å². The second-order valence-electron chi connectivity index (χ2n) is 5.65. The van der Waals surface area contributed by atoms with Crippen molar-refractivity contribution in [2.45, 2.75) is 65.8 Å². The van der Waals surface area contributed by atoms with Crippen molar-refractivity contribution >= 4 is 6.09 Å². The van der Waals surface area contributed by atoms with Gasteiger partial charge in [0.1, 0.15) is 11.8 Å². The number of aliphatic hydroxyl groups excluding tert-OH is 1. The molecule has 1 unspecified atom stereocenters. The van der Waals surface area contributed by atoms with E-state index in [9.17, 15) is 9.90 Å². The Hall–Kier alpha value is -0.770. The van der Waals surface area contributed by atoms with E-state index in [0.29, 0.717) is 0 Å². The Bertz CT molecular complexity index is 223. The smallest absolute Gasteiger partial charge is 0.412 e. The fraction of sp³-hybridized carbons (Fsp3) is 0.909. The summed E-state index contributed by atoms with van der Waals surface area (Å²) < 4.78 is 5.21. The van der Waals surface area contributed by atoms with Gasteiger partial charge in [-0.25, -0.2) is 4.79 Å². The van der Waals surface area contributed by atoms with Gasteiger partial charge in [-0.1, -0.05) is 0 Å². The summed E-state index contributed by atoms with van der Waals surface area (Å²) in [5, 5.41) is 9.54. The van der Waals surface area contributed by atoms with Crippen molar-refractivity contribution in [1.82, 2.24) is 4.90 Å². The minimum Gasteiger partial charge on any atom is -0.444 e. The van der Waals surface area contributed by atoms with Crippen molar-refractivity contribution in [3.05, 3.63) is 0 Å². The lowest BCUT2D eigenvalue weighted by Crippen LogP contribution is -2.52. The molecule has 0 rings (SSSR count). The Kier molecular flexibility index (Phi) is 4.17. The number of rotatable bonds is 1. The van der Waals surface area contributed by atoms with E-state index in [-0.39, 0.29) is 0 Å². The van der Waals surface area contributed by atoms with Crippen LogP contribution >= 0.6 is 0 Å². The van der Waals surface area contributed by atoms with Gasteiger partial charge < -0.3 is 9.84 Å². The highest BCUT2D eigenvalue weighted by Gasteiger charge is 2.33. The Balaban J connectivity index is 4.74. The second-order valence-corrected chi connectivity index (χ2v) is 5.65. The predicted octanol–water partition coefficient (Wildman–Crippen LogP) is 2.36. The van der Waals surface area contributed by atoms with E-state index in [2.05, 4.69) is 0 Å². The lowest BCUT2D eigenvalue weighted by Gasteiger charge is -2.38. The van der Waals surface area contributed by atoms with Gasteiger partial charge in [-0.2, -0.15) is 0 Å². The average molecular weight is 217 g/mol. The maximum Gasteiger partial charge on any atom is 0.412 e. The SMILES string of the molecule is CC(O)N(C(=O)OC(C)(C)C)C(C)(C)C.